The number of likely N-dealkylation sites (tertiary alicyclic amines) is 1. The summed E-state index contributed by atoms with van der Waals surface area (Å²) in [6.45, 7) is 8.20. The molecule has 0 aromatic heterocycles. The van der Waals surface area contributed by atoms with E-state index >= 15 is 0 Å². The number of hydrogen-bond acceptors (Lipinski definition) is 3. The third kappa shape index (κ3) is 4.72. The van der Waals surface area contributed by atoms with Crippen LogP contribution in [0.5, 0.6) is 5.75 Å². The Morgan fingerprint density at radius 1 is 1.19 bits per heavy atom. The van der Waals surface area contributed by atoms with Gasteiger partial charge in [0.25, 0.3) is 0 Å². The van der Waals surface area contributed by atoms with E-state index in [1.165, 1.54) is 37.9 Å². The molecule has 1 aromatic carbocycles. The fourth-order valence-electron chi connectivity index (χ4n) is 3.31. The maximum absolute atomic E-state index is 5.51. The van der Waals surface area contributed by atoms with E-state index in [2.05, 4.69) is 42.3 Å². The van der Waals surface area contributed by atoms with Crippen molar-refractivity contribution in [3.8, 4) is 5.75 Å². The smallest absolute Gasteiger partial charge is 0.123 e. The standard InChI is InChI=1S/C18H30N2O/c1-4-17(16-10-6-7-11-18(16)21-3)19-15(2)14-20-12-8-5-9-13-20/h6-7,10-11,15,17,19H,4-5,8-9,12-14H2,1-3H3. The fourth-order valence-corrected chi connectivity index (χ4v) is 3.31. The molecule has 1 saturated heterocycles. The molecule has 0 spiro atoms. The molecule has 118 valence electrons. The van der Waals surface area contributed by atoms with Gasteiger partial charge in [-0.1, -0.05) is 31.5 Å². The molecule has 21 heavy (non-hydrogen) atoms. The van der Waals surface area contributed by atoms with E-state index in [-0.39, 0.29) is 0 Å². The van der Waals surface area contributed by atoms with Crippen LogP contribution in [-0.2, 0) is 0 Å². The number of nitrogens with one attached hydrogen (secondary N) is 1. The van der Waals surface area contributed by atoms with Gasteiger partial charge in [-0.05, 0) is 45.3 Å². The van der Waals surface area contributed by atoms with Crippen LogP contribution in [0.15, 0.2) is 24.3 Å². The molecule has 2 rings (SSSR count). The van der Waals surface area contributed by atoms with Gasteiger partial charge in [-0.25, -0.2) is 0 Å². The van der Waals surface area contributed by atoms with E-state index in [9.17, 15) is 0 Å². The van der Waals surface area contributed by atoms with E-state index < -0.39 is 0 Å². The zero-order chi connectivity index (χ0) is 15.1. The molecule has 1 aromatic rings. The lowest BCUT2D eigenvalue weighted by molar-refractivity contribution is 0.203. The highest BCUT2D eigenvalue weighted by Gasteiger charge is 2.18. The Bertz CT molecular complexity index is 415. The van der Waals surface area contributed by atoms with Crippen molar-refractivity contribution in [1.29, 1.82) is 0 Å². The molecule has 3 nitrogen and oxygen atoms in total. The van der Waals surface area contributed by atoms with Crippen molar-refractivity contribution in [3.63, 3.8) is 0 Å². The lowest BCUT2D eigenvalue weighted by atomic mass is 10.0. The number of benzene rings is 1. The minimum Gasteiger partial charge on any atom is -0.496 e. The van der Waals surface area contributed by atoms with Crippen molar-refractivity contribution in [2.75, 3.05) is 26.7 Å². The van der Waals surface area contributed by atoms with Crippen LogP contribution in [0.4, 0.5) is 0 Å². The maximum atomic E-state index is 5.51. The number of rotatable bonds is 7. The number of piperidine rings is 1. The average molecular weight is 290 g/mol. The van der Waals surface area contributed by atoms with Crippen LogP contribution in [0.3, 0.4) is 0 Å². The summed E-state index contributed by atoms with van der Waals surface area (Å²) in [4.78, 5) is 2.59. The molecule has 3 heteroatoms. The van der Waals surface area contributed by atoms with Gasteiger partial charge < -0.3 is 15.0 Å². The summed E-state index contributed by atoms with van der Waals surface area (Å²) in [5.41, 5.74) is 1.27. The predicted octanol–water partition coefficient (Wildman–Crippen LogP) is 3.61. The summed E-state index contributed by atoms with van der Waals surface area (Å²) >= 11 is 0. The topological polar surface area (TPSA) is 24.5 Å². The van der Waals surface area contributed by atoms with Gasteiger partial charge in [0.05, 0.1) is 7.11 Å². The van der Waals surface area contributed by atoms with Crippen LogP contribution in [0.1, 0.15) is 51.1 Å². The van der Waals surface area contributed by atoms with Crippen molar-refractivity contribution in [1.82, 2.24) is 10.2 Å². The Morgan fingerprint density at radius 3 is 2.57 bits per heavy atom. The Labute approximate surface area is 129 Å². The lowest BCUT2D eigenvalue weighted by Crippen LogP contribution is -2.42. The van der Waals surface area contributed by atoms with Crippen LogP contribution in [-0.4, -0.2) is 37.7 Å². The van der Waals surface area contributed by atoms with Crippen molar-refractivity contribution in [2.24, 2.45) is 0 Å². The summed E-state index contributed by atoms with van der Waals surface area (Å²) < 4.78 is 5.51. The zero-order valence-corrected chi connectivity index (χ0v) is 13.8. The van der Waals surface area contributed by atoms with Crippen LogP contribution in [0.25, 0.3) is 0 Å². The SMILES string of the molecule is CCC(NC(C)CN1CCCCC1)c1ccccc1OC. The summed E-state index contributed by atoms with van der Waals surface area (Å²) in [7, 11) is 1.75. The monoisotopic (exact) mass is 290 g/mol. The molecule has 1 aliphatic rings. The molecule has 0 amide bonds. The van der Waals surface area contributed by atoms with Crippen molar-refractivity contribution < 1.29 is 4.74 Å². The van der Waals surface area contributed by atoms with Gasteiger partial charge in [0, 0.05) is 24.2 Å². The molecule has 1 heterocycles. The number of nitrogens with zero attached hydrogens (tertiary/aromatic N) is 1. The first-order valence-corrected chi connectivity index (χ1v) is 8.36. The van der Waals surface area contributed by atoms with Gasteiger partial charge in [-0.3, -0.25) is 0 Å². The molecule has 0 radical (unpaired) electrons. The number of ether oxygens (including phenoxy) is 1. The second-order valence-electron chi connectivity index (χ2n) is 6.13. The second kappa shape index (κ2) is 8.40. The van der Waals surface area contributed by atoms with Crippen molar-refractivity contribution in [2.45, 2.75) is 51.6 Å². The third-order valence-electron chi connectivity index (χ3n) is 4.39. The highest BCUT2D eigenvalue weighted by atomic mass is 16.5. The van der Waals surface area contributed by atoms with E-state index in [4.69, 9.17) is 4.74 Å². The quantitative estimate of drug-likeness (QED) is 0.830. The van der Waals surface area contributed by atoms with Gasteiger partial charge in [0.1, 0.15) is 5.75 Å². The molecule has 1 aliphatic heterocycles. The van der Waals surface area contributed by atoms with Crippen LogP contribution in [0.2, 0.25) is 0 Å². The third-order valence-corrected chi connectivity index (χ3v) is 4.39. The van der Waals surface area contributed by atoms with E-state index in [1.54, 1.807) is 7.11 Å². The van der Waals surface area contributed by atoms with Crippen molar-refractivity contribution in [3.05, 3.63) is 29.8 Å². The van der Waals surface area contributed by atoms with Gasteiger partial charge in [0.2, 0.25) is 0 Å². The normalized spacial score (nSPS) is 19.2. The molecular weight excluding hydrogens is 260 g/mol. The van der Waals surface area contributed by atoms with E-state index in [1.807, 2.05) is 6.07 Å². The molecule has 1 fully saturated rings. The summed E-state index contributed by atoms with van der Waals surface area (Å²) in [6, 6.07) is 9.21. The minimum atomic E-state index is 0.362. The van der Waals surface area contributed by atoms with Gasteiger partial charge in [-0.2, -0.15) is 0 Å². The van der Waals surface area contributed by atoms with Crippen LogP contribution in [0, 0.1) is 0 Å². The Morgan fingerprint density at radius 2 is 1.90 bits per heavy atom. The predicted molar refractivity (Wildman–Crippen MR) is 88.9 cm³/mol. The largest absolute Gasteiger partial charge is 0.496 e. The first kappa shape index (κ1) is 16.3. The minimum absolute atomic E-state index is 0.362. The zero-order valence-electron chi connectivity index (χ0n) is 13.8. The van der Waals surface area contributed by atoms with Crippen molar-refractivity contribution >= 4 is 0 Å². The number of para-hydroxylation sites is 1. The molecule has 1 N–H and O–H groups in total. The summed E-state index contributed by atoms with van der Waals surface area (Å²) in [6.07, 6.45) is 5.19. The average Bonchev–Trinajstić information content (AvgIpc) is 2.53. The van der Waals surface area contributed by atoms with Gasteiger partial charge >= 0.3 is 0 Å². The second-order valence-corrected chi connectivity index (χ2v) is 6.13. The first-order valence-electron chi connectivity index (χ1n) is 8.36. The first-order chi connectivity index (χ1) is 10.2. The van der Waals surface area contributed by atoms with E-state index in [0.29, 0.717) is 12.1 Å². The Balaban J connectivity index is 1.94. The Hall–Kier alpha value is -1.06. The van der Waals surface area contributed by atoms with Gasteiger partial charge in [-0.15, -0.1) is 0 Å². The Kier molecular flexibility index (Phi) is 6.52. The van der Waals surface area contributed by atoms with E-state index in [0.717, 1.165) is 18.7 Å². The number of methoxy groups -OCH3 is 1. The molecular formula is C18H30N2O. The van der Waals surface area contributed by atoms with Gasteiger partial charge in [0.15, 0.2) is 0 Å². The molecule has 0 saturated carbocycles. The molecule has 0 aliphatic carbocycles. The highest BCUT2D eigenvalue weighted by Crippen LogP contribution is 2.27. The number of hydrogen-bond donors (Lipinski definition) is 1. The van der Waals surface area contributed by atoms with Crippen LogP contribution >= 0.6 is 0 Å². The summed E-state index contributed by atoms with van der Waals surface area (Å²) in [5, 5.41) is 3.78. The molecule has 2 unspecified atom stereocenters. The fraction of sp³-hybridized carbons (Fsp3) is 0.667. The highest BCUT2D eigenvalue weighted by molar-refractivity contribution is 5.35. The molecule has 0 bridgehead atoms. The molecule has 2 atom stereocenters. The lowest BCUT2D eigenvalue weighted by Gasteiger charge is -2.31. The van der Waals surface area contributed by atoms with Crippen LogP contribution < -0.4 is 10.1 Å². The summed E-state index contributed by atoms with van der Waals surface area (Å²) in [5.74, 6) is 0.988. The maximum Gasteiger partial charge on any atom is 0.123 e.